The molecule has 0 bridgehead atoms. The van der Waals surface area contributed by atoms with E-state index in [1.54, 1.807) is 7.11 Å². The smallest absolute Gasteiger partial charge is 0.226 e. The summed E-state index contributed by atoms with van der Waals surface area (Å²) >= 11 is 0. The predicted molar refractivity (Wildman–Crippen MR) is 118 cm³/mol. The molecule has 2 aliphatic rings. The van der Waals surface area contributed by atoms with Crippen LogP contribution in [0.2, 0.25) is 0 Å². The fraction of sp³-hybridized carbons (Fsp3) is 0.667. The van der Waals surface area contributed by atoms with Crippen LogP contribution in [0.4, 0.5) is 0 Å². The summed E-state index contributed by atoms with van der Waals surface area (Å²) in [4.78, 5) is 30.3. The summed E-state index contributed by atoms with van der Waals surface area (Å²) in [6.07, 6.45) is 4.80. The molecule has 3 unspecified atom stereocenters. The molecule has 166 valence electrons. The van der Waals surface area contributed by atoms with Crippen LogP contribution in [0.3, 0.4) is 0 Å². The van der Waals surface area contributed by atoms with E-state index in [1.807, 2.05) is 29.2 Å². The molecule has 2 heterocycles. The molecule has 0 spiro atoms. The summed E-state index contributed by atoms with van der Waals surface area (Å²) in [5, 5.41) is 3.15. The van der Waals surface area contributed by atoms with Gasteiger partial charge in [-0.15, -0.1) is 0 Å². The Labute approximate surface area is 180 Å². The number of rotatable bonds is 10. The van der Waals surface area contributed by atoms with E-state index in [-0.39, 0.29) is 30.2 Å². The van der Waals surface area contributed by atoms with E-state index in [9.17, 15) is 9.59 Å². The molecule has 0 radical (unpaired) electrons. The lowest BCUT2D eigenvalue weighted by Gasteiger charge is -2.29. The number of likely N-dealkylation sites (tertiary alicyclic amines) is 2. The fourth-order valence-corrected chi connectivity index (χ4v) is 4.71. The van der Waals surface area contributed by atoms with E-state index in [4.69, 9.17) is 4.74 Å². The number of benzene rings is 1. The monoisotopic (exact) mass is 415 g/mol. The lowest BCUT2D eigenvalue weighted by molar-refractivity contribution is -0.129. The maximum atomic E-state index is 13.1. The average molecular weight is 416 g/mol. The largest absolute Gasteiger partial charge is 0.497 e. The molecule has 6 nitrogen and oxygen atoms in total. The van der Waals surface area contributed by atoms with Gasteiger partial charge in [-0.05, 0) is 56.0 Å². The van der Waals surface area contributed by atoms with Crippen LogP contribution < -0.4 is 10.1 Å². The van der Waals surface area contributed by atoms with Gasteiger partial charge in [0, 0.05) is 26.1 Å². The highest BCUT2D eigenvalue weighted by molar-refractivity contribution is 5.90. The fourth-order valence-electron chi connectivity index (χ4n) is 4.71. The van der Waals surface area contributed by atoms with Gasteiger partial charge in [-0.2, -0.15) is 0 Å². The van der Waals surface area contributed by atoms with Crippen molar-refractivity contribution >= 4 is 11.8 Å². The first-order chi connectivity index (χ1) is 14.5. The Morgan fingerprint density at radius 1 is 1.23 bits per heavy atom. The van der Waals surface area contributed by atoms with Gasteiger partial charge in [0.25, 0.3) is 0 Å². The van der Waals surface area contributed by atoms with Crippen LogP contribution in [-0.2, 0) is 9.59 Å². The van der Waals surface area contributed by atoms with Gasteiger partial charge < -0.3 is 19.9 Å². The number of carbonyl (C=O) groups is 2. The molecule has 2 saturated heterocycles. The minimum absolute atomic E-state index is 0.00330. The average Bonchev–Trinajstić information content (AvgIpc) is 3.38. The summed E-state index contributed by atoms with van der Waals surface area (Å²) in [5.41, 5.74) is 1.00. The summed E-state index contributed by atoms with van der Waals surface area (Å²) in [6.45, 7) is 9.02. The molecule has 0 aliphatic carbocycles. The number of amides is 2. The number of unbranched alkanes of at least 4 members (excludes halogenated alkanes) is 1. The second-order valence-corrected chi connectivity index (χ2v) is 8.83. The number of carbonyl (C=O) groups excluding carboxylic acids is 2. The van der Waals surface area contributed by atoms with E-state index in [1.165, 1.54) is 25.9 Å². The van der Waals surface area contributed by atoms with Crippen LogP contribution in [0.5, 0.6) is 5.75 Å². The molecule has 1 N–H and O–H groups in total. The predicted octanol–water partition coefficient (Wildman–Crippen LogP) is 3.23. The van der Waals surface area contributed by atoms with E-state index < -0.39 is 0 Å². The third kappa shape index (κ3) is 5.54. The topological polar surface area (TPSA) is 61.9 Å². The zero-order valence-corrected chi connectivity index (χ0v) is 18.7. The van der Waals surface area contributed by atoms with E-state index in [0.717, 1.165) is 30.7 Å². The summed E-state index contributed by atoms with van der Waals surface area (Å²) in [7, 11) is 1.64. The Morgan fingerprint density at radius 3 is 2.57 bits per heavy atom. The summed E-state index contributed by atoms with van der Waals surface area (Å²) < 4.78 is 5.27. The lowest BCUT2D eigenvalue weighted by atomic mass is 9.92. The number of hydrogen-bond acceptors (Lipinski definition) is 4. The first kappa shape index (κ1) is 22.6. The van der Waals surface area contributed by atoms with Crippen molar-refractivity contribution in [2.75, 3.05) is 39.8 Å². The number of methoxy groups -OCH3 is 1. The van der Waals surface area contributed by atoms with Gasteiger partial charge in [0.05, 0.1) is 19.1 Å². The van der Waals surface area contributed by atoms with Crippen LogP contribution in [0, 0.1) is 11.8 Å². The highest BCUT2D eigenvalue weighted by Crippen LogP contribution is 2.39. The number of hydrogen-bond donors (Lipinski definition) is 1. The quantitative estimate of drug-likeness (QED) is 0.637. The zero-order valence-electron chi connectivity index (χ0n) is 18.7. The third-order valence-electron chi connectivity index (χ3n) is 6.37. The summed E-state index contributed by atoms with van der Waals surface area (Å²) in [5.74, 6) is 0.910. The molecule has 0 saturated carbocycles. The Kier molecular flexibility index (Phi) is 8.14. The molecule has 0 aromatic heterocycles. The molecular formula is C24H37N3O3. The normalized spacial score (nSPS) is 23.0. The molecule has 1 aromatic rings. The Bertz CT molecular complexity index is 700. The number of nitrogens with one attached hydrogen (secondary N) is 1. The highest BCUT2D eigenvalue weighted by atomic mass is 16.5. The van der Waals surface area contributed by atoms with Gasteiger partial charge in [-0.1, -0.05) is 32.4 Å². The Hall–Kier alpha value is -2.08. The molecule has 6 heteroatoms. The van der Waals surface area contributed by atoms with Gasteiger partial charge in [0.2, 0.25) is 11.8 Å². The van der Waals surface area contributed by atoms with Crippen LogP contribution >= 0.6 is 0 Å². The van der Waals surface area contributed by atoms with Crippen molar-refractivity contribution in [2.45, 2.75) is 52.0 Å². The second-order valence-electron chi connectivity index (χ2n) is 8.83. The molecule has 2 aliphatic heterocycles. The van der Waals surface area contributed by atoms with E-state index in [0.29, 0.717) is 19.0 Å². The molecule has 30 heavy (non-hydrogen) atoms. The first-order valence-electron chi connectivity index (χ1n) is 11.5. The molecule has 1 aromatic carbocycles. The van der Waals surface area contributed by atoms with Crippen LogP contribution in [0.1, 0.15) is 57.6 Å². The molecule has 3 atom stereocenters. The third-order valence-corrected chi connectivity index (χ3v) is 6.37. The molecule has 2 amide bonds. The van der Waals surface area contributed by atoms with Crippen molar-refractivity contribution in [3.63, 3.8) is 0 Å². The maximum absolute atomic E-state index is 13.1. The van der Waals surface area contributed by atoms with E-state index >= 15 is 0 Å². The number of ether oxygens (including phenoxy) is 1. The van der Waals surface area contributed by atoms with Gasteiger partial charge in [0.1, 0.15) is 5.75 Å². The first-order valence-corrected chi connectivity index (χ1v) is 11.5. The molecule has 2 fully saturated rings. The number of nitrogens with zero attached hydrogens (tertiary/aromatic N) is 2. The van der Waals surface area contributed by atoms with Crippen molar-refractivity contribution < 1.29 is 14.3 Å². The van der Waals surface area contributed by atoms with Crippen LogP contribution in [0.15, 0.2) is 24.3 Å². The van der Waals surface area contributed by atoms with Crippen LogP contribution in [-0.4, -0.2) is 61.4 Å². The Morgan fingerprint density at radius 2 is 1.93 bits per heavy atom. The SMILES string of the molecule is CCCCN1C(=O)CC(C(=O)NCC(C)CN2CCCC2)C1c1ccc(OC)cc1. The van der Waals surface area contributed by atoms with E-state index in [2.05, 4.69) is 24.1 Å². The van der Waals surface area contributed by atoms with Gasteiger partial charge >= 0.3 is 0 Å². The van der Waals surface area contributed by atoms with Gasteiger partial charge in [-0.3, -0.25) is 9.59 Å². The van der Waals surface area contributed by atoms with Crippen molar-refractivity contribution in [2.24, 2.45) is 11.8 Å². The minimum atomic E-state index is -0.346. The second kappa shape index (κ2) is 10.8. The standard InChI is InChI=1S/C24H37N3O3/c1-4-5-14-27-22(28)15-21(23(27)19-8-10-20(30-3)11-9-19)24(29)25-16-18(2)17-26-12-6-7-13-26/h8-11,18,21,23H,4-7,12-17H2,1-3H3,(H,25,29). The highest BCUT2D eigenvalue weighted by Gasteiger charge is 2.44. The zero-order chi connectivity index (χ0) is 21.5. The molecular weight excluding hydrogens is 378 g/mol. The maximum Gasteiger partial charge on any atom is 0.226 e. The molecule has 3 rings (SSSR count). The van der Waals surface area contributed by atoms with Crippen molar-refractivity contribution in [3.05, 3.63) is 29.8 Å². The Balaban J connectivity index is 1.67. The summed E-state index contributed by atoms with van der Waals surface area (Å²) in [6, 6.07) is 7.57. The minimum Gasteiger partial charge on any atom is -0.497 e. The van der Waals surface area contributed by atoms with Gasteiger partial charge in [-0.25, -0.2) is 0 Å². The van der Waals surface area contributed by atoms with Crippen LogP contribution in [0.25, 0.3) is 0 Å². The van der Waals surface area contributed by atoms with Crippen molar-refractivity contribution in [1.82, 2.24) is 15.1 Å². The van der Waals surface area contributed by atoms with Gasteiger partial charge in [0.15, 0.2) is 0 Å². The van der Waals surface area contributed by atoms with Crippen molar-refractivity contribution in [3.8, 4) is 5.75 Å². The lowest BCUT2D eigenvalue weighted by Crippen LogP contribution is -2.39. The van der Waals surface area contributed by atoms with Crippen molar-refractivity contribution in [1.29, 1.82) is 0 Å².